The molecule has 1 atom stereocenters. The summed E-state index contributed by atoms with van der Waals surface area (Å²) in [6.07, 6.45) is 1.05. The Morgan fingerprint density at radius 3 is 2.15 bits per heavy atom. The van der Waals surface area contributed by atoms with Crippen molar-refractivity contribution >= 4 is 5.91 Å². The molecule has 0 fully saturated rings. The van der Waals surface area contributed by atoms with E-state index in [2.05, 4.69) is 41.4 Å². The van der Waals surface area contributed by atoms with Crippen LogP contribution in [0, 0.1) is 5.41 Å². The SMILES string of the molecule is CCc1ccc(C(CNC(=O)C(C)(C)C)N(C)C)cc1. The zero-order valence-corrected chi connectivity index (χ0v) is 13.7. The minimum Gasteiger partial charge on any atom is -0.354 e. The van der Waals surface area contributed by atoms with Gasteiger partial charge in [0.1, 0.15) is 0 Å². The lowest BCUT2D eigenvalue weighted by Crippen LogP contribution is -2.40. The molecule has 1 aromatic carbocycles. The molecular weight excluding hydrogens is 248 g/mol. The molecule has 0 spiro atoms. The van der Waals surface area contributed by atoms with E-state index in [1.54, 1.807) is 0 Å². The first kappa shape index (κ1) is 16.7. The molecule has 0 bridgehead atoms. The van der Waals surface area contributed by atoms with Gasteiger partial charge in [0.05, 0.1) is 6.04 Å². The molecule has 0 heterocycles. The van der Waals surface area contributed by atoms with Crippen LogP contribution in [0.3, 0.4) is 0 Å². The largest absolute Gasteiger partial charge is 0.354 e. The standard InChI is InChI=1S/C17H28N2O/c1-7-13-8-10-14(11-9-13)15(19(5)6)12-18-16(20)17(2,3)4/h8-11,15H,7,12H2,1-6H3,(H,18,20). The molecule has 3 nitrogen and oxygen atoms in total. The minimum absolute atomic E-state index is 0.0922. The molecule has 1 N–H and O–H groups in total. The van der Waals surface area contributed by atoms with Gasteiger partial charge in [-0.15, -0.1) is 0 Å². The van der Waals surface area contributed by atoms with Crippen LogP contribution in [0.15, 0.2) is 24.3 Å². The number of rotatable bonds is 5. The van der Waals surface area contributed by atoms with Gasteiger partial charge in [0.15, 0.2) is 0 Å². The summed E-state index contributed by atoms with van der Waals surface area (Å²) >= 11 is 0. The van der Waals surface area contributed by atoms with Crippen molar-refractivity contribution in [3.8, 4) is 0 Å². The first-order valence-electron chi connectivity index (χ1n) is 7.29. The molecule has 0 aliphatic carbocycles. The zero-order chi connectivity index (χ0) is 15.3. The van der Waals surface area contributed by atoms with Crippen LogP contribution < -0.4 is 5.32 Å². The molecule has 0 aliphatic heterocycles. The van der Waals surface area contributed by atoms with E-state index in [0.29, 0.717) is 6.54 Å². The fourth-order valence-corrected chi connectivity index (χ4v) is 2.03. The fourth-order valence-electron chi connectivity index (χ4n) is 2.03. The summed E-state index contributed by atoms with van der Waals surface area (Å²) in [4.78, 5) is 14.1. The molecule has 0 saturated carbocycles. The molecule has 1 amide bonds. The Morgan fingerprint density at radius 2 is 1.75 bits per heavy atom. The van der Waals surface area contributed by atoms with Crippen LogP contribution in [-0.4, -0.2) is 31.4 Å². The fraction of sp³-hybridized carbons (Fsp3) is 0.588. The van der Waals surface area contributed by atoms with Crippen molar-refractivity contribution in [2.45, 2.75) is 40.2 Å². The van der Waals surface area contributed by atoms with Gasteiger partial charge in [-0.25, -0.2) is 0 Å². The molecule has 0 radical (unpaired) electrons. The second-order valence-corrected chi connectivity index (χ2v) is 6.53. The van der Waals surface area contributed by atoms with Gasteiger partial charge in [-0.1, -0.05) is 52.0 Å². The Morgan fingerprint density at radius 1 is 1.20 bits per heavy atom. The summed E-state index contributed by atoms with van der Waals surface area (Å²) in [5.74, 6) is 0.0922. The topological polar surface area (TPSA) is 32.3 Å². The van der Waals surface area contributed by atoms with Gasteiger partial charge in [0.25, 0.3) is 0 Å². The smallest absolute Gasteiger partial charge is 0.225 e. The van der Waals surface area contributed by atoms with E-state index in [1.165, 1.54) is 11.1 Å². The van der Waals surface area contributed by atoms with Crippen molar-refractivity contribution in [1.29, 1.82) is 0 Å². The van der Waals surface area contributed by atoms with Crippen molar-refractivity contribution in [3.63, 3.8) is 0 Å². The molecule has 1 unspecified atom stereocenters. The van der Waals surface area contributed by atoms with E-state index in [-0.39, 0.29) is 17.4 Å². The number of hydrogen-bond acceptors (Lipinski definition) is 2. The van der Waals surface area contributed by atoms with Gasteiger partial charge >= 0.3 is 0 Å². The lowest BCUT2D eigenvalue weighted by atomic mass is 9.95. The summed E-state index contributed by atoms with van der Waals surface area (Å²) in [6, 6.07) is 8.85. The number of amides is 1. The lowest BCUT2D eigenvalue weighted by molar-refractivity contribution is -0.128. The van der Waals surface area contributed by atoms with Crippen LogP contribution in [0.2, 0.25) is 0 Å². The number of carbonyl (C=O) groups excluding carboxylic acids is 1. The second-order valence-electron chi connectivity index (χ2n) is 6.53. The van der Waals surface area contributed by atoms with Gasteiger partial charge in [0, 0.05) is 12.0 Å². The zero-order valence-electron chi connectivity index (χ0n) is 13.7. The molecule has 0 aliphatic rings. The Balaban J connectivity index is 2.76. The molecule has 0 saturated heterocycles. The number of nitrogens with one attached hydrogen (secondary N) is 1. The summed E-state index contributed by atoms with van der Waals surface area (Å²) in [5.41, 5.74) is 2.23. The van der Waals surface area contributed by atoms with Gasteiger partial charge in [-0.3, -0.25) is 4.79 Å². The van der Waals surface area contributed by atoms with Gasteiger partial charge in [-0.2, -0.15) is 0 Å². The Kier molecular flexibility index (Phi) is 5.75. The minimum atomic E-state index is -0.344. The monoisotopic (exact) mass is 276 g/mol. The predicted octanol–water partition coefficient (Wildman–Crippen LogP) is 3.01. The maximum absolute atomic E-state index is 12.0. The van der Waals surface area contributed by atoms with Crippen molar-refractivity contribution in [2.75, 3.05) is 20.6 Å². The van der Waals surface area contributed by atoms with Gasteiger partial charge < -0.3 is 10.2 Å². The molecule has 3 heteroatoms. The third kappa shape index (κ3) is 4.64. The highest BCUT2D eigenvalue weighted by atomic mass is 16.2. The Bertz CT molecular complexity index is 429. The van der Waals surface area contributed by atoms with Crippen LogP contribution in [-0.2, 0) is 11.2 Å². The van der Waals surface area contributed by atoms with E-state index in [1.807, 2.05) is 34.9 Å². The Labute approximate surface area is 123 Å². The summed E-state index contributed by atoms with van der Waals surface area (Å²) in [7, 11) is 4.09. The predicted molar refractivity (Wildman–Crippen MR) is 84.7 cm³/mol. The Hall–Kier alpha value is -1.35. The molecule has 1 rings (SSSR count). The maximum Gasteiger partial charge on any atom is 0.225 e. The first-order chi connectivity index (χ1) is 9.25. The van der Waals surface area contributed by atoms with Crippen molar-refractivity contribution in [2.24, 2.45) is 5.41 Å². The molecule has 20 heavy (non-hydrogen) atoms. The highest BCUT2D eigenvalue weighted by molar-refractivity contribution is 5.81. The van der Waals surface area contributed by atoms with Gasteiger partial charge in [0.2, 0.25) is 5.91 Å². The first-order valence-corrected chi connectivity index (χ1v) is 7.29. The van der Waals surface area contributed by atoms with Crippen molar-refractivity contribution in [1.82, 2.24) is 10.2 Å². The molecule has 1 aromatic rings. The van der Waals surface area contributed by atoms with E-state index in [0.717, 1.165) is 6.42 Å². The number of carbonyl (C=O) groups is 1. The lowest BCUT2D eigenvalue weighted by Gasteiger charge is -2.27. The van der Waals surface area contributed by atoms with E-state index < -0.39 is 0 Å². The van der Waals surface area contributed by atoms with Crippen LogP contribution in [0.4, 0.5) is 0 Å². The molecular formula is C17H28N2O. The van der Waals surface area contributed by atoms with E-state index in [9.17, 15) is 4.79 Å². The summed E-state index contributed by atoms with van der Waals surface area (Å²) < 4.78 is 0. The highest BCUT2D eigenvalue weighted by Gasteiger charge is 2.23. The number of nitrogens with zero attached hydrogens (tertiary/aromatic N) is 1. The number of benzene rings is 1. The van der Waals surface area contributed by atoms with E-state index in [4.69, 9.17) is 0 Å². The third-order valence-electron chi connectivity index (χ3n) is 3.53. The van der Waals surface area contributed by atoms with Crippen LogP contribution in [0.25, 0.3) is 0 Å². The van der Waals surface area contributed by atoms with Crippen LogP contribution >= 0.6 is 0 Å². The quantitative estimate of drug-likeness (QED) is 0.896. The van der Waals surface area contributed by atoms with Gasteiger partial charge in [-0.05, 0) is 31.6 Å². The van der Waals surface area contributed by atoms with Crippen LogP contribution in [0.5, 0.6) is 0 Å². The highest BCUT2D eigenvalue weighted by Crippen LogP contribution is 2.19. The normalized spacial score (nSPS) is 13.3. The number of hydrogen-bond donors (Lipinski definition) is 1. The van der Waals surface area contributed by atoms with Crippen LogP contribution in [0.1, 0.15) is 44.9 Å². The van der Waals surface area contributed by atoms with Crippen molar-refractivity contribution < 1.29 is 4.79 Å². The van der Waals surface area contributed by atoms with Crippen molar-refractivity contribution in [3.05, 3.63) is 35.4 Å². The van der Waals surface area contributed by atoms with E-state index >= 15 is 0 Å². The number of aryl methyl sites for hydroxylation is 1. The second kappa shape index (κ2) is 6.89. The number of likely N-dealkylation sites (N-methyl/N-ethyl adjacent to an activating group) is 1. The molecule has 112 valence electrons. The summed E-state index contributed by atoms with van der Waals surface area (Å²) in [5, 5.41) is 3.05. The molecule has 0 aromatic heterocycles. The third-order valence-corrected chi connectivity index (χ3v) is 3.53. The average Bonchev–Trinajstić information content (AvgIpc) is 2.38. The summed E-state index contributed by atoms with van der Waals surface area (Å²) in [6.45, 7) is 8.59. The maximum atomic E-state index is 12.0. The average molecular weight is 276 g/mol.